The lowest BCUT2D eigenvalue weighted by Gasteiger charge is -2.20. The highest BCUT2D eigenvalue weighted by Gasteiger charge is 2.20. The molecule has 37 heavy (non-hydrogen) atoms. The van der Waals surface area contributed by atoms with Crippen molar-refractivity contribution in [3.8, 4) is 17.2 Å². The van der Waals surface area contributed by atoms with Crippen molar-refractivity contribution in [2.75, 3.05) is 5.32 Å². The average molecular weight is 492 g/mol. The predicted octanol–water partition coefficient (Wildman–Crippen LogP) is 6.26. The summed E-state index contributed by atoms with van der Waals surface area (Å²) in [7, 11) is 0. The van der Waals surface area contributed by atoms with E-state index in [4.69, 9.17) is 9.15 Å². The molecule has 0 aliphatic carbocycles. The lowest BCUT2D eigenvalue weighted by atomic mass is 9.99. The molecule has 7 heteroatoms. The van der Waals surface area contributed by atoms with E-state index < -0.39 is 5.97 Å². The Morgan fingerprint density at radius 2 is 1.78 bits per heavy atom. The van der Waals surface area contributed by atoms with Gasteiger partial charge in [-0.2, -0.15) is 0 Å². The number of carbonyl (C=O) groups is 1. The highest BCUT2D eigenvalue weighted by Crippen LogP contribution is 2.33. The van der Waals surface area contributed by atoms with Crippen LogP contribution in [-0.4, -0.2) is 15.9 Å². The zero-order valence-corrected chi connectivity index (χ0v) is 20.7. The maximum Gasteiger partial charge on any atom is 0.344 e. The van der Waals surface area contributed by atoms with E-state index in [9.17, 15) is 9.59 Å². The van der Waals surface area contributed by atoms with Crippen molar-refractivity contribution < 1.29 is 13.9 Å². The molecule has 0 aliphatic rings. The third kappa shape index (κ3) is 4.84. The minimum absolute atomic E-state index is 0.0869. The summed E-state index contributed by atoms with van der Waals surface area (Å²) in [5.74, 6) is 0.147. The van der Waals surface area contributed by atoms with E-state index in [0.29, 0.717) is 33.5 Å². The Labute approximate surface area is 213 Å². The van der Waals surface area contributed by atoms with E-state index >= 15 is 0 Å². The summed E-state index contributed by atoms with van der Waals surface area (Å²) in [6, 6.07) is 19.5. The highest BCUT2D eigenvalue weighted by molar-refractivity contribution is 5.91. The molecule has 3 heterocycles. The van der Waals surface area contributed by atoms with Crippen molar-refractivity contribution in [1.29, 1.82) is 0 Å². The van der Waals surface area contributed by atoms with Gasteiger partial charge in [0.15, 0.2) is 5.43 Å². The molecule has 0 saturated carbocycles. The first-order valence-electron chi connectivity index (χ1n) is 11.9. The first kappa shape index (κ1) is 23.9. The van der Waals surface area contributed by atoms with Gasteiger partial charge in [0.2, 0.25) is 5.88 Å². The minimum Gasteiger partial charge on any atom is -0.455 e. The third-order valence-corrected chi connectivity index (χ3v) is 6.12. The number of nitrogens with zero attached hydrogens (tertiary/aromatic N) is 2. The number of esters is 1. The molecular weight excluding hydrogens is 466 g/mol. The van der Waals surface area contributed by atoms with Gasteiger partial charge in [0, 0.05) is 35.3 Å². The molecule has 5 aromatic rings. The van der Waals surface area contributed by atoms with Gasteiger partial charge in [0.05, 0.1) is 22.7 Å². The lowest BCUT2D eigenvalue weighted by Crippen LogP contribution is -2.14. The molecule has 1 atom stereocenters. The zero-order chi connectivity index (χ0) is 25.9. The van der Waals surface area contributed by atoms with Crippen LogP contribution in [0.3, 0.4) is 0 Å². The van der Waals surface area contributed by atoms with Crippen LogP contribution in [-0.2, 0) is 0 Å². The molecule has 0 fully saturated rings. The Balaban J connectivity index is 1.54. The maximum atomic E-state index is 13.3. The van der Waals surface area contributed by atoms with Crippen LogP contribution in [0.1, 0.15) is 40.0 Å². The molecule has 0 bridgehead atoms. The van der Waals surface area contributed by atoms with Crippen LogP contribution in [0.5, 0.6) is 5.88 Å². The summed E-state index contributed by atoms with van der Waals surface area (Å²) in [5.41, 5.74) is 4.35. The number of carbonyl (C=O) groups excluding carboxylic acids is 1. The fourth-order valence-electron chi connectivity index (χ4n) is 4.28. The van der Waals surface area contributed by atoms with E-state index in [2.05, 4.69) is 15.3 Å². The molecule has 7 nitrogen and oxygen atoms in total. The Morgan fingerprint density at radius 1 is 1.00 bits per heavy atom. The van der Waals surface area contributed by atoms with Gasteiger partial charge in [0.25, 0.3) is 0 Å². The topological polar surface area (TPSA) is 94.3 Å². The number of rotatable bonds is 6. The minimum atomic E-state index is -0.501. The second-order valence-corrected chi connectivity index (χ2v) is 8.84. The monoisotopic (exact) mass is 491 g/mol. The largest absolute Gasteiger partial charge is 0.455 e. The van der Waals surface area contributed by atoms with E-state index in [-0.39, 0.29) is 17.4 Å². The van der Waals surface area contributed by atoms with Gasteiger partial charge >= 0.3 is 5.97 Å². The molecule has 3 aromatic heterocycles. The lowest BCUT2D eigenvalue weighted by molar-refractivity contribution is 0.0728. The molecule has 1 N–H and O–H groups in total. The quantitative estimate of drug-likeness (QED) is 0.280. The van der Waals surface area contributed by atoms with Crippen LogP contribution >= 0.6 is 0 Å². The van der Waals surface area contributed by atoms with Gasteiger partial charge in [-0.3, -0.25) is 9.78 Å². The second-order valence-electron chi connectivity index (χ2n) is 8.84. The van der Waals surface area contributed by atoms with Gasteiger partial charge in [0.1, 0.15) is 11.3 Å². The number of hydrogen-bond acceptors (Lipinski definition) is 7. The van der Waals surface area contributed by atoms with Crippen molar-refractivity contribution in [3.63, 3.8) is 0 Å². The molecular formula is C30H25N3O4. The van der Waals surface area contributed by atoms with Crippen LogP contribution in [0, 0.1) is 13.8 Å². The van der Waals surface area contributed by atoms with Crippen LogP contribution in [0.15, 0.2) is 94.5 Å². The van der Waals surface area contributed by atoms with Crippen LogP contribution in [0.4, 0.5) is 5.69 Å². The van der Waals surface area contributed by atoms with Gasteiger partial charge < -0.3 is 14.5 Å². The smallest absolute Gasteiger partial charge is 0.344 e. The SMILES string of the molecule is Cc1cc(C(C)Nc2cccnc2OC(=O)c2ccccc2)c2oc(-c3cccnc3)c(C)c(=O)c2c1. The summed E-state index contributed by atoms with van der Waals surface area (Å²) in [6.07, 6.45) is 4.91. The first-order chi connectivity index (χ1) is 17.9. The Hall–Kier alpha value is -4.78. The van der Waals surface area contributed by atoms with Crippen molar-refractivity contribution in [2.24, 2.45) is 0 Å². The predicted molar refractivity (Wildman–Crippen MR) is 143 cm³/mol. The molecule has 5 rings (SSSR count). The van der Waals surface area contributed by atoms with E-state index in [1.54, 1.807) is 68.0 Å². The van der Waals surface area contributed by atoms with Gasteiger partial charge in [-0.1, -0.05) is 24.3 Å². The molecule has 0 radical (unpaired) electrons. The summed E-state index contributed by atoms with van der Waals surface area (Å²) in [6.45, 7) is 5.66. The Kier molecular flexibility index (Phi) is 6.51. The fraction of sp³-hybridized carbons (Fsp3) is 0.133. The Bertz CT molecular complexity index is 1650. The molecule has 0 amide bonds. The summed E-state index contributed by atoms with van der Waals surface area (Å²) in [5, 5.41) is 3.89. The standard InChI is InChI=1S/C30H25N3O4/c1-18-15-23(28-24(16-18)26(34)19(2)27(36-28)22-11-7-13-31-17-22)20(3)33-25-12-8-14-32-29(25)37-30(35)21-9-5-4-6-10-21/h4-17,20,33H,1-3H3. The highest BCUT2D eigenvalue weighted by atomic mass is 16.5. The molecule has 1 unspecified atom stereocenters. The van der Waals surface area contributed by atoms with E-state index in [0.717, 1.165) is 16.7 Å². The van der Waals surface area contributed by atoms with Crippen LogP contribution < -0.4 is 15.5 Å². The number of ether oxygens (including phenoxy) is 1. The average Bonchev–Trinajstić information content (AvgIpc) is 2.92. The molecule has 0 spiro atoms. The maximum absolute atomic E-state index is 13.3. The number of nitrogens with one attached hydrogen (secondary N) is 1. The summed E-state index contributed by atoms with van der Waals surface area (Å²) in [4.78, 5) is 34.4. The van der Waals surface area contributed by atoms with E-state index in [1.165, 1.54) is 0 Å². The second kappa shape index (κ2) is 10.1. The molecule has 0 saturated heterocycles. The number of benzene rings is 2. The molecule has 0 aliphatic heterocycles. The van der Waals surface area contributed by atoms with E-state index in [1.807, 2.05) is 38.1 Å². The zero-order valence-electron chi connectivity index (χ0n) is 20.7. The third-order valence-electron chi connectivity index (χ3n) is 6.12. The van der Waals surface area contributed by atoms with Crippen LogP contribution in [0.2, 0.25) is 0 Å². The number of anilines is 1. The molecule has 184 valence electrons. The number of aryl methyl sites for hydroxylation is 1. The summed E-state index contributed by atoms with van der Waals surface area (Å²) >= 11 is 0. The van der Waals surface area contributed by atoms with Crippen molar-refractivity contribution in [3.05, 3.63) is 118 Å². The van der Waals surface area contributed by atoms with Crippen molar-refractivity contribution in [2.45, 2.75) is 26.8 Å². The first-order valence-corrected chi connectivity index (χ1v) is 11.9. The normalized spacial score (nSPS) is 11.8. The fourth-order valence-corrected chi connectivity index (χ4v) is 4.28. The molecule has 2 aromatic carbocycles. The van der Waals surface area contributed by atoms with Gasteiger partial charge in [-0.25, -0.2) is 9.78 Å². The Morgan fingerprint density at radius 3 is 2.54 bits per heavy atom. The van der Waals surface area contributed by atoms with Crippen molar-refractivity contribution in [1.82, 2.24) is 9.97 Å². The number of aromatic nitrogens is 2. The van der Waals surface area contributed by atoms with Gasteiger partial charge in [-0.15, -0.1) is 0 Å². The number of fused-ring (bicyclic) bond motifs is 1. The summed E-state index contributed by atoms with van der Waals surface area (Å²) < 4.78 is 12.0. The number of pyridine rings is 2. The van der Waals surface area contributed by atoms with Crippen molar-refractivity contribution >= 4 is 22.6 Å². The number of hydrogen-bond donors (Lipinski definition) is 1. The van der Waals surface area contributed by atoms with Crippen LogP contribution in [0.25, 0.3) is 22.3 Å². The van der Waals surface area contributed by atoms with Gasteiger partial charge in [-0.05, 0) is 68.8 Å².